The largest absolute Gasteiger partial charge is 0.480 e. The second-order valence-corrected chi connectivity index (χ2v) is 7.85. The summed E-state index contributed by atoms with van der Waals surface area (Å²) in [4.78, 5) is 28.4. The van der Waals surface area contributed by atoms with Crippen molar-refractivity contribution in [3.05, 3.63) is 46.1 Å². The van der Waals surface area contributed by atoms with Crippen LogP contribution in [0, 0.1) is 0 Å². The lowest BCUT2D eigenvalue weighted by atomic mass is 9.92. The Labute approximate surface area is 187 Å². The van der Waals surface area contributed by atoms with Gasteiger partial charge < -0.3 is 42.2 Å². The highest BCUT2D eigenvalue weighted by molar-refractivity contribution is 9.10. The molecule has 1 aliphatic heterocycles. The van der Waals surface area contributed by atoms with Gasteiger partial charge in [0.15, 0.2) is 11.7 Å². The van der Waals surface area contributed by atoms with Gasteiger partial charge in [-0.2, -0.15) is 0 Å². The maximum atomic E-state index is 12.7. The van der Waals surface area contributed by atoms with E-state index in [1.807, 2.05) is 24.3 Å². The maximum absolute atomic E-state index is 12.7. The summed E-state index contributed by atoms with van der Waals surface area (Å²) in [5.41, 5.74) is 11.8. The van der Waals surface area contributed by atoms with Gasteiger partial charge >= 0.3 is 0 Å². The average Bonchev–Trinajstić information content (AvgIpc) is 2.71. The number of halogens is 1. The molecule has 31 heavy (non-hydrogen) atoms. The summed E-state index contributed by atoms with van der Waals surface area (Å²) in [5.74, 6) is -1.62. The molecule has 0 fully saturated rings. The van der Waals surface area contributed by atoms with Crippen molar-refractivity contribution < 1.29 is 29.6 Å². The Balaban J connectivity index is 2.31. The minimum Gasteiger partial charge on any atom is -0.480 e. The summed E-state index contributed by atoms with van der Waals surface area (Å²) in [6.45, 7) is 0.658. The number of carbonyl (C=O) groups excluding carboxylic acids is 2. The molecular weight excluding hydrogens is 474 g/mol. The van der Waals surface area contributed by atoms with Crippen molar-refractivity contribution in [1.82, 2.24) is 10.6 Å². The van der Waals surface area contributed by atoms with Crippen molar-refractivity contribution in [3.63, 3.8) is 0 Å². The van der Waals surface area contributed by atoms with Crippen molar-refractivity contribution in [2.24, 2.45) is 16.5 Å². The number of ether oxygens (including phenoxy) is 1. The predicted molar refractivity (Wildman–Crippen MR) is 115 cm³/mol. The zero-order chi connectivity index (χ0) is 23.1. The van der Waals surface area contributed by atoms with Gasteiger partial charge in [-0.3, -0.25) is 9.59 Å². The number of guanidine groups is 1. The fourth-order valence-electron chi connectivity index (χ4n) is 3.06. The molecule has 0 aliphatic carbocycles. The van der Waals surface area contributed by atoms with Crippen molar-refractivity contribution in [1.29, 1.82) is 0 Å². The molecule has 1 aromatic rings. The molecule has 1 aromatic carbocycles. The minimum absolute atomic E-state index is 0.188. The monoisotopic (exact) mass is 499 g/mol. The van der Waals surface area contributed by atoms with Gasteiger partial charge in [0.2, 0.25) is 5.91 Å². The fraction of sp³-hybridized carbons (Fsp3) is 0.421. The summed E-state index contributed by atoms with van der Waals surface area (Å²) in [5, 5.41) is 34.8. The summed E-state index contributed by atoms with van der Waals surface area (Å²) >= 11 is 3.35. The van der Waals surface area contributed by atoms with E-state index in [2.05, 4.69) is 31.6 Å². The van der Waals surface area contributed by atoms with E-state index in [-0.39, 0.29) is 18.3 Å². The van der Waals surface area contributed by atoms with Crippen LogP contribution < -0.4 is 22.1 Å². The molecule has 11 nitrogen and oxygen atoms in total. The number of carbonyl (C=O) groups is 2. The lowest BCUT2D eigenvalue weighted by Crippen LogP contribution is -2.60. The molecule has 0 spiro atoms. The van der Waals surface area contributed by atoms with Crippen LogP contribution in [-0.4, -0.2) is 70.1 Å². The third-order valence-corrected chi connectivity index (χ3v) is 4.95. The molecule has 170 valence electrons. The second-order valence-electron chi connectivity index (χ2n) is 6.94. The molecule has 0 bridgehead atoms. The number of nitrogens with zero attached hydrogens (tertiary/aromatic N) is 1. The van der Waals surface area contributed by atoms with Crippen LogP contribution in [0.2, 0.25) is 0 Å². The first-order valence-electron chi connectivity index (χ1n) is 9.36. The van der Waals surface area contributed by atoms with E-state index in [4.69, 9.17) is 16.2 Å². The SMILES string of the molecule is CC(=O)N[C@H]1[C@H]([C@H](O)[C@H](O)CO)OC(C(=O)NCc2cccc(Br)c2)=C[C@@H]1N=C(N)N. The number of aliphatic hydroxyl groups is 3. The van der Waals surface area contributed by atoms with E-state index in [0.717, 1.165) is 10.0 Å². The highest BCUT2D eigenvalue weighted by Crippen LogP contribution is 2.25. The summed E-state index contributed by atoms with van der Waals surface area (Å²) in [7, 11) is 0. The lowest BCUT2D eigenvalue weighted by molar-refractivity contribution is -0.134. The third kappa shape index (κ3) is 6.92. The molecule has 5 atom stereocenters. The van der Waals surface area contributed by atoms with Gasteiger partial charge in [0, 0.05) is 17.9 Å². The smallest absolute Gasteiger partial charge is 0.286 e. The van der Waals surface area contributed by atoms with Crippen LogP contribution in [0.3, 0.4) is 0 Å². The van der Waals surface area contributed by atoms with E-state index >= 15 is 0 Å². The molecule has 0 radical (unpaired) electrons. The van der Waals surface area contributed by atoms with Crippen molar-refractivity contribution in [3.8, 4) is 0 Å². The summed E-state index contributed by atoms with van der Waals surface area (Å²) in [6, 6.07) is 5.32. The molecule has 1 aliphatic rings. The Bertz CT molecular complexity index is 860. The Morgan fingerprint density at radius 1 is 1.32 bits per heavy atom. The van der Waals surface area contributed by atoms with Gasteiger partial charge in [-0.15, -0.1) is 0 Å². The Kier molecular flexibility index (Phi) is 8.80. The van der Waals surface area contributed by atoms with Crippen LogP contribution >= 0.6 is 15.9 Å². The van der Waals surface area contributed by atoms with E-state index in [1.165, 1.54) is 13.0 Å². The molecule has 9 N–H and O–H groups in total. The summed E-state index contributed by atoms with van der Waals surface area (Å²) < 4.78 is 6.47. The quantitative estimate of drug-likeness (QED) is 0.161. The van der Waals surface area contributed by atoms with Crippen LogP contribution in [-0.2, 0) is 20.9 Å². The van der Waals surface area contributed by atoms with E-state index in [0.29, 0.717) is 0 Å². The maximum Gasteiger partial charge on any atom is 0.286 e. The number of nitrogens with two attached hydrogens (primary N) is 2. The zero-order valence-corrected chi connectivity index (χ0v) is 18.3. The second kappa shape index (κ2) is 11.1. The molecule has 2 amide bonds. The predicted octanol–water partition coefficient (Wildman–Crippen LogP) is -1.79. The average molecular weight is 500 g/mol. The van der Waals surface area contributed by atoms with Crippen molar-refractivity contribution in [2.75, 3.05) is 6.61 Å². The zero-order valence-electron chi connectivity index (χ0n) is 16.7. The third-order valence-electron chi connectivity index (χ3n) is 4.46. The van der Waals surface area contributed by atoms with Gasteiger partial charge in [0.05, 0.1) is 18.7 Å². The number of hydrogen-bond acceptors (Lipinski definition) is 7. The lowest BCUT2D eigenvalue weighted by Gasteiger charge is -2.39. The van der Waals surface area contributed by atoms with E-state index < -0.39 is 48.8 Å². The van der Waals surface area contributed by atoms with Crippen molar-refractivity contribution >= 4 is 33.7 Å². The van der Waals surface area contributed by atoms with Crippen LogP contribution in [0.4, 0.5) is 0 Å². The molecular formula is C19H26BrN5O6. The van der Waals surface area contributed by atoms with Gasteiger partial charge in [-0.25, -0.2) is 4.99 Å². The number of aliphatic imine (C=N–C) groups is 1. The number of benzene rings is 1. The number of nitrogens with one attached hydrogen (secondary N) is 2. The van der Waals surface area contributed by atoms with Crippen LogP contribution in [0.25, 0.3) is 0 Å². The molecule has 2 rings (SSSR count). The van der Waals surface area contributed by atoms with Crippen LogP contribution in [0.5, 0.6) is 0 Å². The fourth-order valence-corrected chi connectivity index (χ4v) is 3.51. The molecule has 12 heteroatoms. The highest BCUT2D eigenvalue weighted by Gasteiger charge is 2.43. The number of rotatable bonds is 8. The summed E-state index contributed by atoms with van der Waals surface area (Å²) in [6.07, 6.45) is -3.26. The first-order chi connectivity index (χ1) is 14.6. The van der Waals surface area contributed by atoms with Crippen molar-refractivity contribution in [2.45, 2.75) is 43.9 Å². The van der Waals surface area contributed by atoms with Gasteiger partial charge in [-0.1, -0.05) is 28.1 Å². The van der Waals surface area contributed by atoms with Gasteiger partial charge in [0.25, 0.3) is 5.91 Å². The number of amides is 2. The Morgan fingerprint density at radius 3 is 2.61 bits per heavy atom. The molecule has 0 aromatic heterocycles. The highest BCUT2D eigenvalue weighted by atomic mass is 79.9. The van der Waals surface area contributed by atoms with Gasteiger partial charge in [-0.05, 0) is 23.8 Å². The molecule has 0 unspecified atom stereocenters. The van der Waals surface area contributed by atoms with E-state index in [1.54, 1.807) is 0 Å². The normalized spacial score (nSPS) is 22.4. The number of aliphatic hydroxyl groups excluding tert-OH is 3. The first kappa shape index (κ1) is 24.6. The topological polar surface area (TPSA) is 193 Å². The van der Waals surface area contributed by atoms with Gasteiger partial charge in [0.1, 0.15) is 18.3 Å². The molecule has 1 heterocycles. The Morgan fingerprint density at radius 2 is 2.03 bits per heavy atom. The number of hydrogen-bond donors (Lipinski definition) is 7. The molecule has 0 saturated heterocycles. The molecule has 0 saturated carbocycles. The van der Waals surface area contributed by atoms with E-state index in [9.17, 15) is 24.9 Å². The van der Waals surface area contributed by atoms with Crippen LogP contribution in [0.15, 0.2) is 45.6 Å². The first-order valence-corrected chi connectivity index (χ1v) is 10.2. The minimum atomic E-state index is -1.65. The standard InChI is InChI=1S/C19H26BrN5O6/c1-9(27)24-15-12(25-19(21)22)6-14(31-17(15)16(29)13(28)8-26)18(30)23-7-10-3-2-4-11(20)5-10/h2-6,12-13,15-17,26,28-29H,7-8H2,1H3,(H,23,30)(H,24,27)(H4,21,22,25)/t12-,13+,15+,16+,17+/m0/s1. The Hall–Kier alpha value is -2.67. The van der Waals surface area contributed by atoms with Crippen LogP contribution in [0.1, 0.15) is 12.5 Å².